The minimum atomic E-state index is -0.282. The Kier molecular flexibility index (Phi) is 6.12. The number of carbonyl (C=O) groups is 1. The van der Waals surface area contributed by atoms with Gasteiger partial charge in [0.25, 0.3) is 5.91 Å². The number of benzene rings is 2. The van der Waals surface area contributed by atoms with Gasteiger partial charge in [-0.05, 0) is 76.1 Å². The smallest absolute Gasteiger partial charge is 0.274 e. The van der Waals surface area contributed by atoms with Crippen LogP contribution in [0.5, 0.6) is 5.75 Å². The standard InChI is InChI=1S/C23H26N4O2/c1-14(2)29-21-9-7-6-8-19(21)26-23-24-17(5)13-20(27-23)22(28)25-18-11-15(3)10-16(4)12-18/h6-14H,1-5H3,(H,25,28)(H,24,26,27). The third-order valence-electron chi connectivity index (χ3n) is 4.06. The summed E-state index contributed by atoms with van der Waals surface area (Å²) in [5, 5.41) is 6.08. The van der Waals surface area contributed by atoms with E-state index in [4.69, 9.17) is 4.74 Å². The number of aromatic nitrogens is 2. The molecule has 6 nitrogen and oxygen atoms in total. The fourth-order valence-electron chi connectivity index (χ4n) is 3.03. The van der Waals surface area contributed by atoms with Gasteiger partial charge in [-0.25, -0.2) is 9.97 Å². The number of anilines is 3. The maximum atomic E-state index is 12.8. The Hall–Kier alpha value is -3.41. The highest BCUT2D eigenvalue weighted by Crippen LogP contribution is 2.27. The summed E-state index contributed by atoms with van der Waals surface area (Å²) in [6.07, 6.45) is 0.0375. The number of hydrogen-bond acceptors (Lipinski definition) is 5. The molecule has 1 heterocycles. The summed E-state index contributed by atoms with van der Waals surface area (Å²) in [5.41, 5.74) is 4.64. The van der Waals surface area contributed by atoms with Crippen molar-refractivity contribution in [3.05, 3.63) is 71.0 Å². The van der Waals surface area contributed by atoms with E-state index in [0.29, 0.717) is 23.1 Å². The second kappa shape index (κ2) is 8.73. The van der Waals surface area contributed by atoms with Gasteiger partial charge in [0.2, 0.25) is 5.95 Å². The molecule has 0 atom stereocenters. The van der Waals surface area contributed by atoms with Gasteiger partial charge in [-0.2, -0.15) is 0 Å². The summed E-state index contributed by atoms with van der Waals surface area (Å²) in [5.74, 6) is 0.763. The quantitative estimate of drug-likeness (QED) is 0.606. The maximum Gasteiger partial charge on any atom is 0.274 e. The first kappa shape index (κ1) is 20.3. The monoisotopic (exact) mass is 390 g/mol. The molecule has 0 aliphatic carbocycles. The molecule has 0 bridgehead atoms. The molecule has 6 heteroatoms. The van der Waals surface area contributed by atoms with Gasteiger partial charge < -0.3 is 15.4 Å². The second-order valence-corrected chi connectivity index (χ2v) is 7.34. The number of ether oxygens (including phenoxy) is 1. The first-order valence-electron chi connectivity index (χ1n) is 9.58. The van der Waals surface area contributed by atoms with E-state index in [-0.39, 0.29) is 12.0 Å². The Labute approximate surface area is 171 Å². The summed E-state index contributed by atoms with van der Waals surface area (Å²) in [6.45, 7) is 9.76. The van der Waals surface area contributed by atoms with Crippen LogP contribution in [0.4, 0.5) is 17.3 Å². The van der Waals surface area contributed by atoms with Crippen molar-refractivity contribution >= 4 is 23.2 Å². The predicted molar refractivity (Wildman–Crippen MR) is 116 cm³/mol. The summed E-state index contributed by atoms with van der Waals surface area (Å²) in [7, 11) is 0. The third-order valence-corrected chi connectivity index (χ3v) is 4.06. The van der Waals surface area contributed by atoms with Crippen molar-refractivity contribution in [2.24, 2.45) is 0 Å². The summed E-state index contributed by atoms with van der Waals surface area (Å²) >= 11 is 0. The average Bonchev–Trinajstić information content (AvgIpc) is 2.61. The van der Waals surface area contributed by atoms with Crippen molar-refractivity contribution in [3.63, 3.8) is 0 Å². The van der Waals surface area contributed by atoms with Gasteiger partial charge >= 0.3 is 0 Å². The van der Waals surface area contributed by atoms with Crippen LogP contribution < -0.4 is 15.4 Å². The van der Waals surface area contributed by atoms with Crippen LogP contribution in [0, 0.1) is 20.8 Å². The molecule has 0 aliphatic rings. The number of nitrogens with one attached hydrogen (secondary N) is 2. The Morgan fingerprint density at radius 3 is 2.34 bits per heavy atom. The van der Waals surface area contributed by atoms with E-state index in [0.717, 1.165) is 22.5 Å². The van der Waals surface area contributed by atoms with Crippen LogP contribution in [0.2, 0.25) is 0 Å². The fraction of sp³-hybridized carbons (Fsp3) is 0.261. The van der Waals surface area contributed by atoms with E-state index in [1.807, 2.05) is 71.0 Å². The van der Waals surface area contributed by atoms with Crippen molar-refractivity contribution in [2.75, 3.05) is 10.6 Å². The van der Waals surface area contributed by atoms with Gasteiger partial charge in [0, 0.05) is 11.4 Å². The molecule has 2 aromatic carbocycles. The Balaban J connectivity index is 1.84. The fourth-order valence-corrected chi connectivity index (χ4v) is 3.03. The van der Waals surface area contributed by atoms with Crippen molar-refractivity contribution in [2.45, 2.75) is 40.7 Å². The molecule has 29 heavy (non-hydrogen) atoms. The molecule has 0 radical (unpaired) electrons. The number of amides is 1. The number of hydrogen-bond donors (Lipinski definition) is 2. The number of rotatable bonds is 6. The molecular weight excluding hydrogens is 364 g/mol. The normalized spacial score (nSPS) is 10.7. The lowest BCUT2D eigenvalue weighted by Crippen LogP contribution is -2.16. The van der Waals surface area contributed by atoms with Gasteiger partial charge in [-0.1, -0.05) is 18.2 Å². The zero-order valence-corrected chi connectivity index (χ0v) is 17.4. The first-order valence-corrected chi connectivity index (χ1v) is 9.58. The average molecular weight is 390 g/mol. The second-order valence-electron chi connectivity index (χ2n) is 7.34. The topological polar surface area (TPSA) is 76.1 Å². The lowest BCUT2D eigenvalue weighted by atomic mass is 10.1. The van der Waals surface area contributed by atoms with Crippen LogP contribution in [0.1, 0.15) is 41.2 Å². The van der Waals surface area contributed by atoms with E-state index in [1.165, 1.54) is 0 Å². The molecule has 0 unspecified atom stereocenters. The molecule has 1 amide bonds. The Morgan fingerprint density at radius 1 is 0.966 bits per heavy atom. The highest BCUT2D eigenvalue weighted by molar-refractivity contribution is 6.03. The van der Waals surface area contributed by atoms with Gasteiger partial charge in [0.15, 0.2) is 0 Å². The molecule has 2 N–H and O–H groups in total. The number of aryl methyl sites for hydroxylation is 3. The van der Waals surface area contributed by atoms with Crippen LogP contribution in [0.15, 0.2) is 48.5 Å². The molecule has 3 aromatic rings. The largest absolute Gasteiger partial charge is 0.489 e. The minimum absolute atomic E-state index is 0.0375. The molecule has 0 aliphatic heterocycles. The van der Waals surface area contributed by atoms with Crippen molar-refractivity contribution in [3.8, 4) is 5.75 Å². The SMILES string of the molecule is Cc1cc(C)cc(NC(=O)c2cc(C)nc(Nc3ccccc3OC(C)C)n2)c1. The summed E-state index contributed by atoms with van der Waals surface area (Å²) in [4.78, 5) is 21.6. The highest BCUT2D eigenvalue weighted by Gasteiger charge is 2.13. The van der Waals surface area contributed by atoms with E-state index < -0.39 is 0 Å². The lowest BCUT2D eigenvalue weighted by molar-refractivity contribution is 0.102. The van der Waals surface area contributed by atoms with E-state index in [1.54, 1.807) is 6.07 Å². The zero-order valence-electron chi connectivity index (χ0n) is 17.4. The van der Waals surface area contributed by atoms with E-state index in [2.05, 4.69) is 26.7 Å². The first-order chi connectivity index (χ1) is 13.8. The van der Waals surface area contributed by atoms with Crippen molar-refractivity contribution < 1.29 is 9.53 Å². The molecule has 1 aromatic heterocycles. The van der Waals surface area contributed by atoms with E-state index in [9.17, 15) is 4.79 Å². The van der Waals surface area contributed by atoms with Gasteiger partial charge in [-0.15, -0.1) is 0 Å². The molecule has 150 valence electrons. The molecule has 0 saturated heterocycles. The zero-order chi connectivity index (χ0) is 21.0. The summed E-state index contributed by atoms with van der Waals surface area (Å²) in [6, 6.07) is 15.2. The number of para-hydroxylation sites is 2. The molecule has 0 spiro atoms. The lowest BCUT2D eigenvalue weighted by Gasteiger charge is -2.15. The minimum Gasteiger partial charge on any atom is -0.489 e. The third kappa shape index (κ3) is 5.54. The molecular formula is C23H26N4O2. The summed E-state index contributed by atoms with van der Waals surface area (Å²) < 4.78 is 5.83. The van der Waals surface area contributed by atoms with E-state index >= 15 is 0 Å². The highest BCUT2D eigenvalue weighted by atomic mass is 16.5. The Bertz CT molecular complexity index is 1010. The van der Waals surface area contributed by atoms with Crippen molar-refractivity contribution in [1.82, 2.24) is 9.97 Å². The van der Waals surface area contributed by atoms with Crippen LogP contribution in [-0.4, -0.2) is 22.0 Å². The number of carbonyl (C=O) groups excluding carboxylic acids is 1. The van der Waals surface area contributed by atoms with Gasteiger partial charge in [0.1, 0.15) is 11.4 Å². The van der Waals surface area contributed by atoms with Crippen LogP contribution in [-0.2, 0) is 0 Å². The maximum absolute atomic E-state index is 12.8. The number of nitrogens with zero attached hydrogens (tertiary/aromatic N) is 2. The predicted octanol–water partition coefficient (Wildman–Crippen LogP) is 5.18. The van der Waals surface area contributed by atoms with Gasteiger partial charge in [-0.3, -0.25) is 4.79 Å². The van der Waals surface area contributed by atoms with Crippen LogP contribution in [0.3, 0.4) is 0 Å². The van der Waals surface area contributed by atoms with Crippen LogP contribution >= 0.6 is 0 Å². The molecule has 0 fully saturated rings. The van der Waals surface area contributed by atoms with Crippen molar-refractivity contribution in [1.29, 1.82) is 0 Å². The van der Waals surface area contributed by atoms with Gasteiger partial charge in [0.05, 0.1) is 11.8 Å². The molecule has 3 rings (SSSR count). The van der Waals surface area contributed by atoms with Crippen LogP contribution in [0.25, 0.3) is 0 Å². The Morgan fingerprint density at radius 2 is 1.66 bits per heavy atom. The molecule has 0 saturated carbocycles.